The molecule has 0 aliphatic heterocycles. The van der Waals surface area contributed by atoms with Crippen LogP contribution in [0.15, 0.2) is 22.7 Å². The first kappa shape index (κ1) is 12.6. The maximum atomic E-state index is 13.3. The molecule has 5 heteroatoms. The lowest BCUT2D eigenvalue weighted by atomic mass is 10.1. The topological polar surface area (TPSA) is 20.3 Å². The van der Waals surface area contributed by atoms with Crippen molar-refractivity contribution in [2.75, 3.05) is 13.6 Å². The summed E-state index contributed by atoms with van der Waals surface area (Å²) >= 11 is 6.11. The molecule has 0 saturated heterocycles. The monoisotopic (exact) mass is 337 g/mol. The number of benzene rings is 1. The summed E-state index contributed by atoms with van der Waals surface area (Å²) in [6.07, 6.45) is 0.499. The molecule has 0 fully saturated rings. The maximum Gasteiger partial charge on any atom is 0.289 e. The molecule has 2 nitrogen and oxygen atoms in total. The van der Waals surface area contributed by atoms with Gasteiger partial charge in [0.05, 0.1) is 0 Å². The van der Waals surface area contributed by atoms with Gasteiger partial charge in [-0.3, -0.25) is 4.79 Å². The van der Waals surface area contributed by atoms with Gasteiger partial charge in [-0.15, -0.1) is 0 Å². The van der Waals surface area contributed by atoms with E-state index >= 15 is 0 Å². The summed E-state index contributed by atoms with van der Waals surface area (Å²) in [6, 6.07) is 4.79. The minimum Gasteiger partial charge on any atom is -0.336 e. The van der Waals surface area contributed by atoms with Gasteiger partial charge >= 0.3 is 0 Å². The van der Waals surface area contributed by atoms with Crippen molar-refractivity contribution < 1.29 is 9.18 Å². The van der Waals surface area contributed by atoms with E-state index in [0.717, 1.165) is 4.47 Å². The molecular weight excluding hydrogens is 329 g/mol. The van der Waals surface area contributed by atoms with E-state index in [1.54, 1.807) is 19.2 Å². The average molecular weight is 339 g/mol. The molecule has 0 heterocycles. The summed E-state index contributed by atoms with van der Waals surface area (Å²) in [7, 11) is 1.66. The van der Waals surface area contributed by atoms with Gasteiger partial charge in [0.1, 0.15) is 5.82 Å². The molecule has 1 amide bonds. The molecule has 0 atom stereocenters. The van der Waals surface area contributed by atoms with Crippen molar-refractivity contribution in [3.63, 3.8) is 0 Å². The van der Waals surface area contributed by atoms with Crippen LogP contribution in [0, 0.1) is 5.82 Å². The predicted molar refractivity (Wildman–Crippen MR) is 64.8 cm³/mol. The zero-order chi connectivity index (χ0) is 11.4. The highest BCUT2D eigenvalue weighted by molar-refractivity contribution is 9.18. The molecule has 0 N–H and O–H groups in total. The number of hydrogen-bond acceptors (Lipinski definition) is 1. The molecule has 1 aromatic carbocycles. The number of likely N-dealkylation sites (N-methyl/N-ethyl adjacent to an activating group) is 1. The zero-order valence-electron chi connectivity index (χ0n) is 8.14. The second-order valence-electron chi connectivity index (χ2n) is 3.16. The molecule has 82 valence electrons. The van der Waals surface area contributed by atoms with Crippen LogP contribution in [0.25, 0.3) is 0 Å². The average Bonchev–Trinajstić information content (AvgIpc) is 2.18. The number of halogens is 3. The fourth-order valence-corrected chi connectivity index (χ4v) is 1.70. The van der Waals surface area contributed by atoms with Crippen LogP contribution in [-0.2, 0) is 6.42 Å². The van der Waals surface area contributed by atoms with Gasteiger partial charge in [-0.25, -0.2) is 4.39 Å². The first-order valence-electron chi connectivity index (χ1n) is 4.35. The van der Waals surface area contributed by atoms with Crippen LogP contribution in [0.1, 0.15) is 5.56 Å². The third kappa shape index (κ3) is 3.91. The standard InChI is InChI=1S/C10H10Br2FNO/c1-14(10(12)15)5-4-7-6-8(11)2-3-9(7)13/h2-3,6H,4-5H2,1H3. The molecule has 0 bridgehead atoms. The highest BCUT2D eigenvalue weighted by atomic mass is 79.9. The molecule has 1 aromatic rings. The van der Waals surface area contributed by atoms with Crippen molar-refractivity contribution in [2.24, 2.45) is 0 Å². The first-order valence-corrected chi connectivity index (χ1v) is 5.94. The van der Waals surface area contributed by atoms with Crippen LogP contribution in [0.4, 0.5) is 9.18 Å². The summed E-state index contributed by atoms with van der Waals surface area (Å²) in [6.45, 7) is 0.484. The van der Waals surface area contributed by atoms with E-state index in [0.29, 0.717) is 18.5 Å². The van der Waals surface area contributed by atoms with E-state index in [9.17, 15) is 9.18 Å². The Balaban J connectivity index is 2.65. The Morgan fingerprint density at radius 1 is 1.53 bits per heavy atom. The summed E-state index contributed by atoms with van der Waals surface area (Å²) < 4.78 is 14.1. The molecular formula is C10H10Br2FNO. The minimum absolute atomic E-state index is 0.196. The van der Waals surface area contributed by atoms with Crippen LogP contribution in [-0.4, -0.2) is 23.3 Å². The highest BCUT2D eigenvalue weighted by Crippen LogP contribution is 2.16. The summed E-state index contributed by atoms with van der Waals surface area (Å²) in [5.74, 6) is -0.242. The Bertz CT molecular complexity index is 370. The van der Waals surface area contributed by atoms with Crippen molar-refractivity contribution >= 4 is 36.7 Å². The molecule has 0 aliphatic carbocycles. The first-order chi connectivity index (χ1) is 7.00. The normalized spacial score (nSPS) is 10.1. The minimum atomic E-state index is -0.242. The summed E-state index contributed by atoms with van der Waals surface area (Å²) in [5, 5.41) is 0. The molecule has 0 spiro atoms. The van der Waals surface area contributed by atoms with Crippen LogP contribution < -0.4 is 0 Å². The molecule has 1 rings (SSSR count). The van der Waals surface area contributed by atoms with Crippen molar-refractivity contribution in [1.82, 2.24) is 4.90 Å². The second kappa shape index (κ2) is 5.61. The maximum absolute atomic E-state index is 13.3. The lowest BCUT2D eigenvalue weighted by Crippen LogP contribution is -2.23. The molecule has 0 unspecified atom stereocenters. The quantitative estimate of drug-likeness (QED) is 0.609. The lowest BCUT2D eigenvalue weighted by molar-refractivity contribution is 0.235. The van der Waals surface area contributed by atoms with Gasteiger partial charge in [0, 0.05) is 34.0 Å². The Hall–Kier alpha value is -0.420. The van der Waals surface area contributed by atoms with Crippen molar-refractivity contribution in [2.45, 2.75) is 6.42 Å². The number of nitrogens with zero attached hydrogens (tertiary/aromatic N) is 1. The number of amides is 1. The van der Waals surface area contributed by atoms with E-state index in [-0.39, 0.29) is 10.6 Å². The van der Waals surface area contributed by atoms with Gasteiger partial charge in [0.25, 0.3) is 4.82 Å². The van der Waals surface area contributed by atoms with Crippen LogP contribution in [0.3, 0.4) is 0 Å². The molecule has 15 heavy (non-hydrogen) atoms. The molecule has 0 aliphatic rings. The molecule has 0 aromatic heterocycles. The summed E-state index contributed by atoms with van der Waals surface area (Å²) in [4.78, 5) is 12.1. The Labute approximate surface area is 105 Å². The van der Waals surface area contributed by atoms with Gasteiger partial charge in [-0.1, -0.05) is 15.9 Å². The Morgan fingerprint density at radius 2 is 2.20 bits per heavy atom. The number of carbonyl (C=O) groups is 1. The molecule has 0 saturated carbocycles. The predicted octanol–water partition coefficient (Wildman–Crippen LogP) is 3.58. The van der Waals surface area contributed by atoms with Crippen molar-refractivity contribution in [1.29, 1.82) is 0 Å². The van der Waals surface area contributed by atoms with Gasteiger partial charge in [-0.2, -0.15) is 0 Å². The van der Waals surface area contributed by atoms with E-state index in [1.807, 2.05) is 0 Å². The fourth-order valence-electron chi connectivity index (χ4n) is 1.11. The zero-order valence-corrected chi connectivity index (χ0v) is 11.3. The number of carbonyl (C=O) groups excluding carboxylic acids is 1. The number of hydrogen-bond donors (Lipinski definition) is 0. The SMILES string of the molecule is CN(CCc1cc(Br)ccc1F)C(=O)Br. The van der Waals surface area contributed by atoms with Gasteiger partial charge in [0.2, 0.25) is 0 Å². The largest absolute Gasteiger partial charge is 0.336 e. The highest BCUT2D eigenvalue weighted by Gasteiger charge is 2.07. The smallest absolute Gasteiger partial charge is 0.289 e. The third-order valence-corrected chi connectivity index (χ3v) is 3.12. The van der Waals surface area contributed by atoms with Crippen molar-refractivity contribution in [3.8, 4) is 0 Å². The fraction of sp³-hybridized carbons (Fsp3) is 0.300. The summed E-state index contributed by atoms with van der Waals surface area (Å²) in [5.41, 5.74) is 0.602. The lowest BCUT2D eigenvalue weighted by Gasteiger charge is -2.13. The van der Waals surface area contributed by atoms with E-state index in [4.69, 9.17) is 0 Å². The van der Waals surface area contributed by atoms with Crippen molar-refractivity contribution in [3.05, 3.63) is 34.1 Å². The van der Waals surface area contributed by atoms with Crippen LogP contribution >= 0.6 is 31.9 Å². The Kier molecular flexibility index (Phi) is 4.73. The van der Waals surface area contributed by atoms with E-state index < -0.39 is 0 Å². The second-order valence-corrected chi connectivity index (χ2v) is 4.75. The van der Waals surface area contributed by atoms with E-state index in [1.165, 1.54) is 11.0 Å². The Morgan fingerprint density at radius 3 is 2.80 bits per heavy atom. The third-order valence-electron chi connectivity index (χ3n) is 2.02. The van der Waals surface area contributed by atoms with Gasteiger partial charge in [0.15, 0.2) is 0 Å². The van der Waals surface area contributed by atoms with Crippen LogP contribution in [0.5, 0.6) is 0 Å². The van der Waals surface area contributed by atoms with Gasteiger partial charge < -0.3 is 4.90 Å². The number of rotatable bonds is 3. The van der Waals surface area contributed by atoms with E-state index in [2.05, 4.69) is 31.9 Å². The molecule has 0 radical (unpaired) electrons. The van der Waals surface area contributed by atoms with Crippen LogP contribution in [0.2, 0.25) is 0 Å². The van der Waals surface area contributed by atoms with Gasteiger partial charge in [-0.05, 0) is 30.2 Å².